The van der Waals surface area contributed by atoms with E-state index in [4.69, 9.17) is 9.26 Å². The number of pyridine rings is 1. The molecule has 0 radical (unpaired) electrons. The molecule has 3 rings (SSSR count). The molecule has 0 saturated carbocycles. The van der Waals surface area contributed by atoms with Gasteiger partial charge >= 0.3 is 0 Å². The number of aryl methyl sites for hydroxylation is 1. The van der Waals surface area contributed by atoms with Crippen LogP contribution in [0.2, 0.25) is 0 Å². The Kier molecular flexibility index (Phi) is 3.41. The Balaban J connectivity index is 1.67. The number of nitrogens with zero attached hydrogens (tertiary/aromatic N) is 3. The summed E-state index contributed by atoms with van der Waals surface area (Å²) in [6.45, 7) is 2.01. The van der Waals surface area contributed by atoms with Gasteiger partial charge in [-0.3, -0.25) is 4.98 Å². The molecule has 0 spiro atoms. The highest BCUT2D eigenvalue weighted by Gasteiger charge is 2.04. The van der Waals surface area contributed by atoms with E-state index >= 15 is 0 Å². The molecule has 0 aliphatic heterocycles. The average molecular weight is 267 g/mol. The highest BCUT2D eigenvalue weighted by molar-refractivity contribution is 5.58. The monoisotopic (exact) mass is 267 g/mol. The average Bonchev–Trinajstić information content (AvgIpc) is 2.92. The van der Waals surface area contributed by atoms with Gasteiger partial charge in [0.1, 0.15) is 5.75 Å². The maximum Gasteiger partial charge on any atom is 0.264 e. The summed E-state index contributed by atoms with van der Waals surface area (Å²) in [7, 11) is 0. The highest BCUT2D eigenvalue weighted by Crippen LogP contribution is 2.19. The van der Waals surface area contributed by atoms with Gasteiger partial charge in [-0.15, -0.1) is 0 Å². The van der Waals surface area contributed by atoms with Crippen molar-refractivity contribution < 1.29 is 9.26 Å². The molecular weight excluding hydrogens is 254 g/mol. The minimum Gasteiger partial charge on any atom is -0.482 e. The Labute approximate surface area is 116 Å². The third-order valence-corrected chi connectivity index (χ3v) is 2.74. The van der Waals surface area contributed by atoms with E-state index in [0.29, 0.717) is 17.5 Å². The molecule has 2 aromatic heterocycles. The molecule has 0 bridgehead atoms. The van der Waals surface area contributed by atoms with Crippen LogP contribution >= 0.6 is 0 Å². The van der Waals surface area contributed by atoms with Crippen molar-refractivity contribution in [3.05, 3.63) is 60.4 Å². The number of hydrogen-bond acceptors (Lipinski definition) is 5. The zero-order valence-corrected chi connectivity index (χ0v) is 11.0. The summed E-state index contributed by atoms with van der Waals surface area (Å²) in [6.07, 6.45) is 1.69. The first-order chi connectivity index (χ1) is 9.81. The maximum atomic E-state index is 5.54. The van der Waals surface area contributed by atoms with Crippen LogP contribution < -0.4 is 4.74 Å². The van der Waals surface area contributed by atoms with Crippen molar-refractivity contribution in [2.24, 2.45) is 0 Å². The lowest BCUT2D eigenvalue weighted by Crippen LogP contribution is -1.96. The standard InChI is InChI=1S/C15H13N3O2/c1-11-17-15(20-18-11)10-19-13-7-8-14(16-9-13)12-5-3-2-4-6-12/h2-9H,10H2,1H3. The first kappa shape index (κ1) is 12.3. The molecule has 20 heavy (non-hydrogen) atoms. The lowest BCUT2D eigenvalue weighted by atomic mass is 10.1. The van der Waals surface area contributed by atoms with Crippen LogP contribution in [-0.2, 0) is 6.61 Å². The number of hydrogen-bond donors (Lipinski definition) is 0. The van der Waals surface area contributed by atoms with Crippen LogP contribution in [-0.4, -0.2) is 15.1 Å². The van der Waals surface area contributed by atoms with Gasteiger partial charge in [0, 0.05) is 5.56 Å². The van der Waals surface area contributed by atoms with Crippen LogP contribution in [0.25, 0.3) is 11.3 Å². The molecule has 3 aromatic rings. The van der Waals surface area contributed by atoms with E-state index in [9.17, 15) is 0 Å². The van der Waals surface area contributed by atoms with Gasteiger partial charge in [-0.2, -0.15) is 4.98 Å². The van der Waals surface area contributed by atoms with Crippen molar-refractivity contribution in [1.82, 2.24) is 15.1 Å². The smallest absolute Gasteiger partial charge is 0.264 e. The van der Waals surface area contributed by atoms with Crippen molar-refractivity contribution in [1.29, 1.82) is 0 Å². The maximum absolute atomic E-state index is 5.54. The molecule has 0 amide bonds. The molecule has 5 heteroatoms. The fourth-order valence-electron chi connectivity index (χ4n) is 1.79. The quantitative estimate of drug-likeness (QED) is 0.727. The van der Waals surface area contributed by atoms with Gasteiger partial charge in [0.2, 0.25) is 0 Å². The Morgan fingerprint density at radius 1 is 1.10 bits per heavy atom. The minimum atomic E-state index is 0.243. The first-order valence-corrected chi connectivity index (χ1v) is 6.25. The van der Waals surface area contributed by atoms with Crippen molar-refractivity contribution >= 4 is 0 Å². The van der Waals surface area contributed by atoms with E-state index in [1.54, 1.807) is 13.1 Å². The van der Waals surface area contributed by atoms with E-state index in [0.717, 1.165) is 11.3 Å². The molecule has 2 heterocycles. The SMILES string of the molecule is Cc1noc(COc2ccc(-c3ccccc3)nc2)n1. The van der Waals surface area contributed by atoms with E-state index < -0.39 is 0 Å². The molecular formula is C15H13N3O2. The second kappa shape index (κ2) is 5.52. The second-order valence-corrected chi connectivity index (χ2v) is 4.27. The molecule has 0 saturated heterocycles. The second-order valence-electron chi connectivity index (χ2n) is 4.27. The highest BCUT2D eigenvalue weighted by atomic mass is 16.5. The molecule has 5 nitrogen and oxygen atoms in total. The van der Waals surface area contributed by atoms with Crippen LogP contribution in [0.5, 0.6) is 5.75 Å². The summed E-state index contributed by atoms with van der Waals surface area (Å²) in [6, 6.07) is 13.8. The van der Waals surface area contributed by atoms with Crippen molar-refractivity contribution in [3.8, 4) is 17.0 Å². The third kappa shape index (κ3) is 2.83. The summed E-state index contributed by atoms with van der Waals surface area (Å²) in [5.41, 5.74) is 1.98. The zero-order valence-electron chi connectivity index (χ0n) is 11.0. The van der Waals surface area contributed by atoms with Gasteiger partial charge in [-0.05, 0) is 19.1 Å². The Morgan fingerprint density at radius 3 is 2.60 bits per heavy atom. The van der Waals surface area contributed by atoms with E-state index in [1.807, 2.05) is 42.5 Å². The van der Waals surface area contributed by atoms with Crippen LogP contribution in [0.15, 0.2) is 53.2 Å². The fourth-order valence-corrected chi connectivity index (χ4v) is 1.79. The Hall–Kier alpha value is -2.69. The van der Waals surface area contributed by atoms with Gasteiger partial charge in [0.25, 0.3) is 5.89 Å². The van der Waals surface area contributed by atoms with Crippen LogP contribution in [0.1, 0.15) is 11.7 Å². The van der Waals surface area contributed by atoms with Crippen molar-refractivity contribution in [2.45, 2.75) is 13.5 Å². The first-order valence-electron chi connectivity index (χ1n) is 6.25. The molecule has 0 unspecified atom stereocenters. The minimum absolute atomic E-state index is 0.243. The summed E-state index contributed by atoms with van der Waals surface area (Å²) in [4.78, 5) is 8.44. The lowest BCUT2D eigenvalue weighted by Gasteiger charge is -2.04. The number of aromatic nitrogens is 3. The number of ether oxygens (including phenoxy) is 1. The fraction of sp³-hybridized carbons (Fsp3) is 0.133. The largest absolute Gasteiger partial charge is 0.482 e. The molecule has 0 atom stereocenters. The van der Waals surface area contributed by atoms with Gasteiger partial charge in [-0.25, -0.2) is 0 Å². The van der Waals surface area contributed by atoms with Crippen LogP contribution in [0.3, 0.4) is 0 Å². The summed E-state index contributed by atoms with van der Waals surface area (Å²) < 4.78 is 10.5. The van der Waals surface area contributed by atoms with Gasteiger partial charge in [0.15, 0.2) is 12.4 Å². The van der Waals surface area contributed by atoms with Gasteiger partial charge in [-0.1, -0.05) is 35.5 Å². The van der Waals surface area contributed by atoms with E-state index in [2.05, 4.69) is 15.1 Å². The number of rotatable bonds is 4. The summed E-state index contributed by atoms with van der Waals surface area (Å²) in [5.74, 6) is 1.72. The summed E-state index contributed by atoms with van der Waals surface area (Å²) in [5, 5.41) is 3.70. The molecule has 0 aliphatic carbocycles. The predicted octanol–water partition coefficient (Wildman–Crippen LogP) is 3.02. The van der Waals surface area contributed by atoms with Crippen LogP contribution in [0, 0.1) is 6.92 Å². The summed E-state index contributed by atoms with van der Waals surface area (Å²) >= 11 is 0. The molecule has 0 N–H and O–H groups in total. The van der Waals surface area contributed by atoms with Gasteiger partial charge < -0.3 is 9.26 Å². The van der Waals surface area contributed by atoms with Gasteiger partial charge in [0.05, 0.1) is 11.9 Å². The zero-order chi connectivity index (χ0) is 13.8. The third-order valence-electron chi connectivity index (χ3n) is 2.74. The normalized spacial score (nSPS) is 10.4. The molecule has 1 aromatic carbocycles. The Morgan fingerprint density at radius 2 is 1.95 bits per heavy atom. The van der Waals surface area contributed by atoms with Crippen molar-refractivity contribution in [3.63, 3.8) is 0 Å². The lowest BCUT2D eigenvalue weighted by molar-refractivity contribution is 0.242. The molecule has 100 valence electrons. The van der Waals surface area contributed by atoms with Crippen LogP contribution in [0.4, 0.5) is 0 Å². The topological polar surface area (TPSA) is 61.0 Å². The predicted molar refractivity (Wildman–Crippen MR) is 73.0 cm³/mol. The molecule has 0 fully saturated rings. The van der Waals surface area contributed by atoms with E-state index in [1.165, 1.54) is 0 Å². The number of benzene rings is 1. The molecule has 0 aliphatic rings. The van der Waals surface area contributed by atoms with Crippen molar-refractivity contribution in [2.75, 3.05) is 0 Å². The van der Waals surface area contributed by atoms with E-state index in [-0.39, 0.29) is 6.61 Å². The Bertz CT molecular complexity index is 678.